The van der Waals surface area contributed by atoms with Crippen LogP contribution in [0.1, 0.15) is 44.9 Å². The van der Waals surface area contributed by atoms with Gasteiger partial charge in [0.15, 0.2) is 10.3 Å². The summed E-state index contributed by atoms with van der Waals surface area (Å²) >= 11 is 1.30. The number of aliphatic imine (C=N–C) groups is 1. The van der Waals surface area contributed by atoms with E-state index in [0.29, 0.717) is 6.42 Å². The number of amidine groups is 1. The normalized spacial score (nSPS) is 24.1. The summed E-state index contributed by atoms with van der Waals surface area (Å²) in [5.41, 5.74) is 0.0172. The number of carbonyl (C=O) groups excluding carboxylic acids is 1. The Kier molecular flexibility index (Phi) is 6.47. The van der Waals surface area contributed by atoms with Crippen LogP contribution in [0.2, 0.25) is 0 Å². The molecule has 8 heteroatoms. The van der Waals surface area contributed by atoms with E-state index < -0.39 is 0 Å². The fraction of sp³-hybridized carbons (Fsp3) is 0.700. The van der Waals surface area contributed by atoms with Crippen molar-refractivity contribution >= 4 is 28.0 Å². The van der Waals surface area contributed by atoms with E-state index in [4.69, 9.17) is 4.99 Å². The van der Waals surface area contributed by atoms with Crippen LogP contribution >= 0.6 is 11.8 Å². The van der Waals surface area contributed by atoms with Crippen LogP contribution in [0.15, 0.2) is 23.5 Å². The number of carbonyl (C=O) groups is 1. The minimum atomic E-state index is 0.0172. The maximum absolute atomic E-state index is 12.1. The van der Waals surface area contributed by atoms with Crippen molar-refractivity contribution in [2.24, 2.45) is 4.99 Å². The Labute approximate surface area is 171 Å². The molecule has 152 valence electrons. The minimum Gasteiger partial charge on any atom is -0.359 e. The zero-order chi connectivity index (χ0) is 19.2. The summed E-state index contributed by atoms with van der Waals surface area (Å²) in [6.07, 6.45) is 11.1. The Morgan fingerprint density at radius 1 is 1.11 bits per heavy atom. The molecule has 1 saturated carbocycles. The lowest BCUT2D eigenvalue weighted by Gasteiger charge is -2.35. The number of nitrogens with zero attached hydrogens (tertiary/aromatic N) is 5. The van der Waals surface area contributed by atoms with Gasteiger partial charge in [-0.3, -0.25) is 14.7 Å². The summed E-state index contributed by atoms with van der Waals surface area (Å²) in [6.45, 7) is 5.99. The highest BCUT2D eigenvalue weighted by atomic mass is 32.2. The maximum atomic E-state index is 12.1. The third-order valence-electron chi connectivity index (χ3n) is 5.97. The van der Waals surface area contributed by atoms with E-state index in [1.165, 1.54) is 24.6 Å². The van der Waals surface area contributed by atoms with Crippen molar-refractivity contribution in [3.8, 4) is 0 Å². The predicted octanol–water partition coefficient (Wildman–Crippen LogP) is 2.30. The quantitative estimate of drug-likeness (QED) is 0.732. The molecule has 0 radical (unpaired) electrons. The smallest absolute Gasteiger partial charge is 0.225 e. The fourth-order valence-electron chi connectivity index (χ4n) is 4.40. The summed E-state index contributed by atoms with van der Waals surface area (Å²) in [5, 5.41) is 4.72. The van der Waals surface area contributed by atoms with Crippen LogP contribution in [0.5, 0.6) is 0 Å². The molecule has 0 amide bonds. The van der Waals surface area contributed by atoms with E-state index in [9.17, 15) is 4.79 Å². The molecule has 1 spiro atoms. The zero-order valence-corrected chi connectivity index (χ0v) is 17.3. The van der Waals surface area contributed by atoms with Crippen LogP contribution in [0.25, 0.3) is 0 Å². The summed E-state index contributed by atoms with van der Waals surface area (Å²) in [4.78, 5) is 30.2. The van der Waals surface area contributed by atoms with Crippen LogP contribution < -0.4 is 10.2 Å². The monoisotopic (exact) mass is 402 g/mol. The van der Waals surface area contributed by atoms with Gasteiger partial charge in [-0.1, -0.05) is 12.8 Å². The molecule has 1 aromatic heterocycles. The number of thioether (sulfide) groups is 1. The lowest BCUT2D eigenvalue weighted by Crippen LogP contribution is -2.50. The number of hydrogen-bond donors (Lipinski definition) is 1. The molecule has 1 aromatic rings. The van der Waals surface area contributed by atoms with Gasteiger partial charge in [-0.25, -0.2) is 9.97 Å². The van der Waals surface area contributed by atoms with Gasteiger partial charge in [0.05, 0.1) is 0 Å². The standard InChI is InChI=1S/C20H30N6OS/c27-17-16-20(6-1-2-7-20)24-19(28-17)23-8-3-4-11-25-12-14-26(15-13-25)18-21-9-5-10-22-18/h5,9-10H,1-4,6-8,11-16H2,(H,23,24). The van der Waals surface area contributed by atoms with Gasteiger partial charge in [-0.05, 0) is 50.1 Å². The molecule has 1 N–H and O–H groups in total. The highest BCUT2D eigenvalue weighted by molar-refractivity contribution is 8.26. The van der Waals surface area contributed by atoms with E-state index in [-0.39, 0.29) is 10.7 Å². The second-order valence-corrected chi connectivity index (χ2v) is 9.08. The lowest BCUT2D eigenvalue weighted by atomic mass is 9.94. The molecule has 0 aromatic carbocycles. The zero-order valence-electron chi connectivity index (χ0n) is 16.5. The first kappa shape index (κ1) is 19.6. The van der Waals surface area contributed by atoms with Crippen molar-refractivity contribution in [3.05, 3.63) is 18.5 Å². The van der Waals surface area contributed by atoms with Gasteiger partial charge >= 0.3 is 0 Å². The molecule has 4 rings (SSSR count). The first-order valence-corrected chi connectivity index (χ1v) is 11.3. The lowest BCUT2D eigenvalue weighted by molar-refractivity contribution is -0.112. The summed E-state index contributed by atoms with van der Waals surface area (Å²) in [7, 11) is 0. The predicted molar refractivity (Wildman–Crippen MR) is 114 cm³/mol. The molecule has 0 atom stereocenters. The van der Waals surface area contributed by atoms with Crippen molar-refractivity contribution in [1.29, 1.82) is 0 Å². The van der Waals surface area contributed by atoms with Crippen molar-refractivity contribution in [2.75, 3.05) is 44.2 Å². The highest BCUT2D eigenvalue weighted by Crippen LogP contribution is 2.37. The van der Waals surface area contributed by atoms with Crippen LogP contribution in [0.4, 0.5) is 5.95 Å². The number of nitrogens with one attached hydrogen (secondary N) is 1. The number of aromatic nitrogens is 2. The Balaban J connectivity index is 1.15. The van der Waals surface area contributed by atoms with Crippen LogP contribution in [0, 0.1) is 0 Å². The first-order valence-electron chi connectivity index (χ1n) is 10.5. The van der Waals surface area contributed by atoms with E-state index in [2.05, 4.69) is 25.1 Å². The number of hydrogen-bond acceptors (Lipinski definition) is 7. The summed E-state index contributed by atoms with van der Waals surface area (Å²) < 4.78 is 0. The van der Waals surface area contributed by atoms with Crippen LogP contribution in [0.3, 0.4) is 0 Å². The van der Waals surface area contributed by atoms with Gasteiger partial charge in [0.1, 0.15) is 0 Å². The molecule has 0 bridgehead atoms. The number of rotatable bonds is 6. The Morgan fingerprint density at radius 2 is 1.86 bits per heavy atom. The van der Waals surface area contributed by atoms with Crippen LogP contribution in [-0.2, 0) is 4.79 Å². The number of unbranched alkanes of at least 4 members (excludes halogenated alkanes) is 1. The van der Waals surface area contributed by atoms with Gasteiger partial charge in [-0.15, -0.1) is 0 Å². The first-order chi connectivity index (χ1) is 13.7. The average molecular weight is 403 g/mol. The largest absolute Gasteiger partial charge is 0.359 e. The van der Waals surface area contributed by atoms with Gasteiger partial charge in [-0.2, -0.15) is 0 Å². The van der Waals surface area contributed by atoms with Crippen molar-refractivity contribution < 1.29 is 4.79 Å². The molecule has 28 heavy (non-hydrogen) atoms. The van der Waals surface area contributed by atoms with Crippen molar-refractivity contribution in [3.63, 3.8) is 0 Å². The molecule has 0 unspecified atom stereocenters. The number of piperazine rings is 1. The molecule has 3 heterocycles. The van der Waals surface area contributed by atoms with E-state index in [1.807, 2.05) is 6.07 Å². The Morgan fingerprint density at radius 3 is 2.61 bits per heavy atom. The SMILES string of the molecule is O=C1CC2(CCCC2)N/C(=N/CCCCN2CCN(c3ncccn3)CC2)S1. The van der Waals surface area contributed by atoms with Gasteiger partial charge in [0.25, 0.3) is 0 Å². The van der Waals surface area contributed by atoms with Crippen molar-refractivity contribution in [2.45, 2.75) is 50.5 Å². The molecule has 1 aliphatic carbocycles. The Hall–Kier alpha value is -1.67. The van der Waals surface area contributed by atoms with Crippen molar-refractivity contribution in [1.82, 2.24) is 20.2 Å². The molecular formula is C20H30N6OS. The van der Waals surface area contributed by atoms with Gasteiger partial charge < -0.3 is 10.2 Å². The second-order valence-electron chi connectivity index (χ2n) is 8.03. The fourth-order valence-corrected chi connectivity index (χ4v) is 5.38. The van der Waals surface area contributed by atoms with E-state index in [1.54, 1.807) is 12.4 Å². The average Bonchev–Trinajstić information content (AvgIpc) is 3.15. The molecule has 3 aliphatic rings. The molecule has 7 nitrogen and oxygen atoms in total. The molecule has 3 fully saturated rings. The summed E-state index contributed by atoms with van der Waals surface area (Å²) in [5.74, 6) is 0.838. The third kappa shape index (κ3) is 5.03. The molecule has 2 saturated heterocycles. The second kappa shape index (κ2) is 9.22. The van der Waals surface area contributed by atoms with Gasteiger partial charge in [0.2, 0.25) is 5.95 Å². The topological polar surface area (TPSA) is 73.7 Å². The molecular weight excluding hydrogens is 372 g/mol. The van der Waals surface area contributed by atoms with E-state index in [0.717, 1.165) is 76.1 Å². The van der Waals surface area contributed by atoms with Gasteiger partial charge in [0, 0.05) is 57.1 Å². The molecule has 2 aliphatic heterocycles. The van der Waals surface area contributed by atoms with E-state index >= 15 is 0 Å². The Bertz CT molecular complexity index is 683. The summed E-state index contributed by atoms with van der Waals surface area (Å²) in [6, 6.07) is 1.86. The minimum absolute atomic E-state index is 0.0172. The maximum Gasteiger partial charge on any atom is 0.225 e. The van der Waals surface area contributed by atoms with Crippen LogP contribution in [-0.4, -0.2) is 70.0 Å². The number of anilines is 1. The third-order valence-corrected chi connectivity index (χ3v) is 6.77. The highest BCUT2D eigenvalue weighted by Gasteiger charge is 2.40.